The highest BCUT2D eigenvalue weighted by atomic mass is 35.5. The summed E-state index contributed by atoms with van der Waals surface area (Å²) in [6.45, 7) is 0.629. The normalized spacial score (nSPS) is 19.4. The topological polar surface area (TPSA) is 94.1 Å². The van der Waals surface area contributed by atoms with Crippen LogP contribution in [0, 0.1) is 0 Å². The Morgan fingerprint density at radius 1 is 1.21 bits per heavy atom. The van der Waals surface area contributed by atoms with E-state index in [0.29, 0.717) is 22.6 Å². The summed E-state index contributed by atoms with van der Waals surface area (Å²) in [5.41, 5.74) is 0.655. The number of hydrogen-bond acceptors (Lipinski definition) is 6. The molecule has 2 heterocycles. The molecule has 1 fully saturated rings. The molecule has 1 unspecified atom stereocenters. The summed E-state index contributed by atoms with van der Waals surface area (Å²) in [6, 6.07) is 9.19. The van der Waals surface area contributed by atoms with Crippen LogP contribution >= 0.6 is 24.0 Å². The summed E-state index contributed by atoms with van der Waals surface area (Å²) in [7, 11) is 1.89. The van der Waals surface area contributed by atoms with E-state index in [4.69, 9.17) is 16.0 Å². The number of aromatic hydroxyl groups is 2. The first-order valence-corrected chi connectivity index (χ1v) is 9.38. The maximum Gasteiger partial charge on any atom is 0.197 e. The Hall–Kier alpha value is -2.25. The third-order valence-electron chi connectivity index (χ3n) is 5.52. The Morgan fingerprint density at radius 3 is 2.62 bits per heavy atom. The molecule has 8 heteroatoms. The lowest BCUT2D eigenvalue weighted by Gasteiger charge is -2.24. The van der Waals surface area contributed by atoms with Crippen LogP contribution in [0.25, 0.3) is 22.3 Å². The average Bonchev–Trinajstić information content (AvgIpc) is 3.01. The molecule has 2 atom stereocenters. The lowest BCUT2D eigenvalue weighted by molar-refractivity contribution is 0.172. The summed E-state index contributed by atoms with van der Waals surface area (Å²) >= 11 is 6.26. The molecular formula is C21H21Cl2NO5. The summed E-state index contributed by atoms with van der Waals surface area (Å²) in [5, 5.41) is 31.2. The summed E-state index contributed by atoms with van der Waals surface area (Å²) in [4.78, 5) is 14.8. The third-order valence-corrected chi connectivity index (χ3v) is 5.85. The van der Waals surface area contributed by atoms with Gasteiger partial charge in [-0.05, 0) is 32.1 Å². The third kappa shape index (κ3) is 3.57. The fourth-order valence-corrected chi connectivity index (χ4v) is 4.31. The number of hydrogen-bond donors (Lipinski definition) is 3. The van der Waals surface area contributed by atoms with E-state index in [-0.39, 0.29) is 59.2 Å². The molecule has 0 saturated carbocycles. The van der Waals surface area contributed by atoms with E-state index in [0.717, 1.165) is 12.6 Å². The molecule has 154 valence electrons. The second kappa shape index (κ2) is 8.24. The van der Waals surface area contributed by atoms with Gasteiger partial charge in [-0.2, -0.15) is 0 Å². The van der Waals surface area contributed by atoms with E-state index >= 15 is 0 Å². The Balaban J connectivity index is 0.00000240. The van der Waals surface area contributed by atoms with E-state index in [9.17, 15) is 20.1 Å². The minimum atomic E-state index is -0.429. The fourth-order valence-electron chi connectivity index (χ4n) is 4.09. The van der Waals surface area contributed by atoms with E-state index < -0.39 is 5.43 Å². The van der Waals surface area contributed by atoms with Gasteiger partial charge in [-0.25, -0.2) is 0 Å². The standard InChI is InChI=1S/C21H20ClNO5.ClH/c1-23-7-6-12(14(23)10-24)19-15(25)8-16(26)20-17(27)9-18(28-21(19)20)11-4-2-3-5-13(11)22;/h2-5,8-9,12,14,24-26H,6-7,10H2,1H3;1H/t12?,14-;/m1./s1. The van der Waals surface area contributed by atoms with Crippen LogP contribution < -0.4 is 5.43 Å². The van der Waals surface area contributed by atoms with E-state index in [1.165, 1.54) is 6.07 Å². The summed E-state index contributed by atoms with van der Waals surface area (Å²) in [6.07, 6.45) is 0.676. The Kier molecular flexibility index (Phi) is 6.10. The zero-order valence-electron chi connectivity index (χ0n) is 15.6. The molecular weight excluding hydrogens is 417 g/mol. The van der Waals surface area contributed by atoms with Gasteiger partial charge in [-0.15, -0.1) is 12.4 Å². The molecule has 0 amide bonds. The second-order valence-electron chi connectivity index (χ2n) is 7.11. The average molecular weight is 438 g/mol. The van der Waals surface area contributed by atoms with Crippen molar-refractivity contribution in [3.8, 4) is 22.8 Å². The van der Waals surface area contributed by atoms with Gasteiger partial charge < -0.3 is 24.6 Å². The minimum absolute atomic E-state index is 0. The predicted molar refractivity (Wildman–Crippen MR) is 114 cm³/mol. The van der Waals surface area contributed by atoms with Gasteiger partial charge in [-0.3, -0.25) is 4.79 Å². The zero-order chi connectivity index (χ0) is 20.0. The van der Waals surface area contributed by atoms with Crippen molar-refractivity contribution in [2.24, 2.45) is 0 Å². The molecule has 6 nitrogen and oxygen atoms in total. The number of halogens is 2. The molecule has 2 aromatic carbocycles. The molecule has 0 bridgehead atoms. The molecule has 29 heavy (non-hydrogen) atoms. The molecule has 3 N–H and O–H groups in total. The highest BCUT2D eigenvalue weighted by Gasteiger charge is 2.36. The van der Waals surface area contributed by atoms with Gasteiger partial charge >= 0.3 is 0 Å². The largest absolute Gasteiger partial charge is 0.507 e. The highest BCUT2D eigenvalue weighted by molar-refractivity contribution is 6.33. The van der Waals surface area contributed by atoms with Crippen molar-refractivity contribution >= 4 is 35.0 Å². The van der Waals surface area contributed by atoms with Crippen LogP contribution in [-0.4, -0.2) is 46.5 Å². The van der Waals surface area contributed by atoms with Crippen molar-refractivity contribution in [2.45, 2.75) is 18.4 Å². The smallest absolute Gasteiger partial charge is 0.197 e. The zero-order valence-corrected chi connectivity index (χ0v) is 17.2. The van der Waals surface area contributed by atoms with Crippen LogP contribution in [0.15, 0.2) is 45.6 Å². The van der Waals surface area contributed by atoms with Gasteiger partial charge in [0.25, 0.3) is 0 Å². The molecule has 0 aliphatic carbocycles. The molecule has 1 aliphatic heterocycles. The van der Waals surface area contributed by atoms with E-state index in [2.05, 4.69) is 0 Å². The molecule has 1 saturated heterocycles. The van der Waals surface area contributed by atoms with Crippen LogP contribution in [0.5, 0.6) is 11.5 Å². The first kappa shape index (κ1) is 21.5. The summed E-state index contributed by atoms with van der Waals surface area (Å²) in [5.74, 6) is -0.505. The quantitative estimate of drug-likeness (QED) is 0.577. The molecule has 1 aromatic heterocycles. The number of aliphatic hydroxyl groups excluding tert-OH is 1. The Bertz CT molecular complexity index is 1110. The first-order valence-electron chi connectivity index (χ1n) is 9.01. The number of nitrogens with zero attached hydrogens (tertiary/aromatic N) is 1. The maximum atomic E-state index is 12.8. The predicted octanol–water partition coefficient (Wildman–Crippen LogP) is 3.73. The van der Waals surface area contributed by atoms with Crippen molar-refractivity contribution in [2.75, 3.05) is 20.2 Å². The number of phenolic OH excluding ortho intramolecular Hbond substituents is 2. The first-order chi connectivity index (χ1) is 13.4. The number of phenols is 2. The van der Waals surface area contributed by atoms with Crippen molar-refractivity contribution in [3.63, 3.8) is 0 Å². The summed E-state index contributed by atoms with van der Waals surface area (Å²) < 4.78 is 6.04. The number of aliphatic hydroxyl groups is 1. The van der Waals surface area contributed by atoms with Crippen LogP contribution in [0.4, 0.5) is 0 Å². The van der Waals surface area contributed by atoms with Gasteiger partial charge in [0.1, 0.15) is 28.2 Å². The molecule has 0 radical (unpaired) electrons. The van der Waals surface area contributed by atoms with Gasteiger partial charge in [0.2, 0.25) is 0 Å². The fraction of sp³-hybridized carbons (Fsp3) is 0.286. The number of likely N-dealkylation sites (N-methyl/N-ethyl adjacent to an activating group) is 1. The molecule has 3 aromatic rings. The van der Waals surface area contributed by atoms with Gasteiger partial charge in [0.15, 0.2) is 5.43 Å². The lowest BCUT2D eigenvalue weighted by atomic mass is 9.89. The Labute approximate surface area is 178 Å². The monoisotopic (exact) mass is 437 g/mol. The number of rotatable bonds is 3. The molecule has 1 aliphatic rings. The lowest BCUT2D eigenvalue weighted by Crippen LogP contribution is -2.32. The van der Waals surface area contributed by atoms with Crippen LogP contribution in [0.2, 0.25) is 5.02 Å². The van der Waals surface area contributed by atoms with Crippen molar-refractivity contribution in [1.82, 2.24) is 4.90 Å². The molecule has 0 spiro atoms. The van der Waals surface area contributed by atoms with Crippen LogP contribution in [0.3, 0.4) is 0 Å². The SMILES string of the molecule is CN1CCC(c2c(O)cc(O)c3c(=O)cc(-c4ccccc4Cl)oc23)[C@H]1CO.Cl. The van der Waals surface area contributed by atoms with Crippen LogP contribution in [0.1, 0.15) is 17.9 Å². The maximum absolute atomic E-state index is 12.8. The van der Waals surface area contributed by atoms with Crippen molar-refractivity contribution < 1.29 is 19.7 Å². The highest BCUT2D eigenvalue weighted by Crippen LogP contribution is 2.44. The van der Waals surface area contributed by atoms with E-state index in [1.807, 2.05) is 11.9 Å². The van der Waals surface area contributed by atoms with E-state index in [1.54, 1.807) is 24.3 Å². The van der Waals surface area contributed by atoms with Crippen molar-refractivity contribution in [3.05, 3.63) is 57.2 Å². The number of fused-ring (bicyclic) bond motifs is 1. The van der Waals surface area contributed by atoms with Crippen molar-refractivity contribution in [1.29, 1.82) is 0 Å². The number of likely N-dealkylation sites (tertiary alicyclic amines) is 1. The van der Waals surface area contributed by atoms with Gasteiger partial charge in [0, 0.05) is 35.2 Å². The second-order valence-corrected chi connectivity index (χ2v) is 7.52. The van der Waals surface area contributed by atoms with Gasteiger partial charge in [0.05, 0.1) is 11.6 Å². The van der Waals surface area contributed by atoms with Gasteiger partial charge in [-0.1, -0.05) is 23.7 Å². The molecule has 4 rings (SSSR count). The Morgan fingerprint density at radius 2 is 1.93 bits per heavy atom. The minimum Gasteiger partial charge on any atom is -0.507 e. The number of benzene rings is 2. The van der Waals surface area contributed by atoms with Crippen LogP contribution in [-0.2, 0) is 0 Å².